The lowest BCUT2D eigenvalue weighted by atomic mass is 10.3. The summed E-state index contributed by atoms with van der Waals surface area (Å²) in [6, 6.07) is 3.12. The fraction of sp³-hybridized carbons (Fsp3) is 0.375. The third-order valence-corrected chi connectivity index (χ3v) is 4.33. The summed E-state index contributed by atoms with van der Waals surface area (Å²) >= 11 is 1.09. The number of ether oxygens (including phenoxy) is 1. The molecule has 3 N–H and O–H groups in total. The Labute approximate surface area is 97.5 Å². The summed E-state index contributed by atoms with van der Waals surface area (Å²) < 4.78 is 26.5. The van der Waals surface area contributed by atoms with Gasteiger partial charge in [0.05, 0.1) is 7.11 Å². The Bertz CT molecular complexity index is 466. The molecular weight excluding hydrogens is 252 g/mol. The highest BCUT2D eigenvalue weighted by Gasteiger charge is 2.10. The highest BCUT2D eigenvalue weighted by molar-refractivity contribution is 7.91. The number of rotatable bonds is 4. The summed E-state index contributed by atoms with van der Waals surface area (Å²) in [5.41, 5.74) is 0. The Balaban J connectivity index is 2.51. The van der Waals surface area contributed by atoms with Crippen LogP contribution in [0.4, 0.5) is 4.79 Å². The standard InChI is InChI=1S/C8H12N2O4S2/c1-14-8(11)10-5-4-6-2-3-7(15-6)16(9,12)13/h2-3H,4-5H2,1H3,(H,10,11)(H2,9,12,13). The molecule has 90 valence electrons. The van der Waals surface area contributed by atoms with E-state index in [0.29, 0.717) is 13.0 Å². The first-order chi connectivity index (χ1) is 7.43. The van der Waals surface area contributed by atoms with Gasteiger partial charge in [-0.25, -0.2) is 18.4 Å². The SMILES string of the molecule is COC(=O)NCCc1ccc(S(N)(=O)=O)s1. The van der Waals surface area contributed by atoms with Crippen LogP contribution in [0, 0.1) is 0 Å². The summed E-state index contributed by atoms with van der Waals surface area (Å²) in [4.78, 5) is 11.6. The van der Waals surface area contributed by atoms with Gasteiger partial charge in [-0.1, -0.05) is 0 Å². The molecule has 0 bridgehead atoms. The van der Waals surface area contributed by atoms with Gasteiger partial charge in [0.2, 0.25) is 10.0 Å². The normalized spacial score (nSPS) is 11.1. The first-order valence-electron chi connectivity index (χ1n) is 4.37. The van der Waals surface area contributed by atoms with Gasteiger partial charge in [-0.15, -0.1) is 11.3 Å². The smallest absolute Gasteiger partial charge is 0.406 e. The minimum atomic E-state index is -3.62. The van der Waals surface area contributed by atoms with Gasteiger partial charge < -0.3 is 10.1 Å². The predicted molar refractivity (Wildman–Crippen MR) is 59.8 cm³/mol. The summed E-state index contributed by atoms with van der Waals surface area (Å²) in [7, 11) is -2.34. The molecule has 1 aromatic rings. The zero-order chi connectivity index (χ0) is 12.2. The van der Waals surface area contributed by atoms with Crippen LogP contribution in [0.5, 0.6) is 0 Å². The lowest BCUT2D eigenvalue weighted by molar-refractivity contribution is 0.171. The van der Waals surface area contributed by atoms with Crippen molar-refractivity contribution in [3.8, 4) is 0 Å². The maximum absolute atomic E-state index is 11.0. The monoisotopic (exact) mass is 264 g/mol. The van der Waals surface area contributed by atoms with E-state index in [2.05, 4.69) is 10.1 Å². The average molecular weight is 264 g/mol. The maximum atomic E-state index is 11.0. The molecule has 1 amide bonds. The lowest BCUT2D eigenvalue weighted by Crippen LogP contribution is -2.24. The van der Waals surface area contributed by atoms with Crippen LogP contribution in [0.2, 0.25) is 0 Å². The number of alkyl carbamates (subject to hydrolysis) is 1. The highest BCUT2D eigenvalue weighted by Crippen LogP contribution is 2.20. The topological polar surface area (TPSA) is 98.5 Å². The fourth-order valence-electron chi connectivity index (χ4n) is 1.01. The number of sulfonamides is 1. The predicted octanol–water partition coefficient (Wildman–Crippen LogP) is 0.294. The molecule has 0 radical (unpaired) electrons. The summed E-state index contributed by atoms with van der Waals surface area (Å²) in [6.07, 6.45) is 0.0261. The van der Waals surface area contributed by atoms with E-state index >= 15 is 0 Å². The minimum Gasteiger partial charge on any atom is -0.453 e. The van der Waals surface area contributed by atoms with Gasteiger partial charge in [-0.3, -0.25) is 0 Å². The van der Waals surface area contributed by atoms with E-state index in [9.17, 15) is 13.2 Å². The average Bonchev–Trinajstić information content (AvgIpc) is 2.65. The summed E-state index contributed by atoms with van der Waals surface area (Å²) in [5, 5.41) is 7.46. The van der Waals surface area contributed by atoms with Gasteiger partial charge in [-0.2, -0.15) is 0 Å². The molecule has 0 spiro atoms. The number of thiophene rings is 1. The number of hydrogen-bond donors (Lipinski definition) is 2. The third-order valence-electron chi connectivity index (χ3n) is 1.74. The van der Waals surface area contributed by atoms with E-state index < -0.39 is 16.1 Å². The molecule has 0 aliphatic heterocycles. The van der Waals surface area contributed by atoms with Crippen LogP contribution >= 0.6 is 11.3 Å². The minimum absolute atomic E-state index is 0.126. The third kappa shape index (κ3) is 3.80. The molecule has 16 heavy (non-hydrogen) atoms. The second-order valence-corrected chi connectivity index (χ2v) is 5.89. The first-order valence-corrected chi connectivity index (χ1v) is 6.73. The van der Waals surface area contributed by atoms with Crippen molar-refractivity contribution in [1.29, 1.82) is 0 Å². The van der Waals surface area contributed by atoms with Gasteiger partial charge in [0, 0.05) is 11.4 Å². The van der Waals surface area contributed by atoms with Crippen LogP contribution in [0.3, 0.4) is 0 Å². The van der Waals surface area contributed by atoms with Crippen LogP contribution in [0.25, 0.3) is 0 Å². The van der Waals surface area contributed by atoms with Crippen molar-refractivity contribution in [2.75, 3.05) is 13.7 Å². The molecule has 0 aromatic carbocycles. The molecule has 0 saturated carbocycles. The molecular formula is C8H12N2O4S2. The van der Waals surface area contributed by atoms with Gasteiger partial charge in [-0.05, 0) is 18.6 Å². The van der Waals surface area contributed by atoms with Crippen LogP contribution in [-0.4, -0.2) is 28.2 Å². The van der Waals surface area contributed by atoms with Gasteiger partial charge in [0.15, 0.2) is 0 Å². The lowest BCUT2D eigenvalue weighted by Gasteiger charge is -2.01. The zero-order valence-corrected chi connectivity index (χ0v) is 10.2. The number of methoxy groups -OCH3 is 1. The highest BCUT2D eigenvalue weighted by atomic mass is 32.2. The number of nitrogens with two attached hydrogens (primary N) is 1. The summed E-state index contributed by atoms with van der Waals surface area (Å²) in [5.74, 6) is 0. The molecule has 0 atom stereocenters. The molecule has 1 aromatic heterocycles. The van der Waals surface area contributed by atoms with Gasteiger partial charge in [0.25, 0.3) is 0 Å². The number of amides is 1. The van der Waals surface area contributed by atoms with Crippen molar-refractivity contribution in [2.24, 2.45) is 5.14 Å². The Morgan fingerprint density at radius 2 is 2.25 bits per heavy atom. The quantitative estimate of drug-likeness (QED) is 0.816. The first kappa shape index (κ1) is 12.9. The van der Waals surface area contributed by atoms with E-state index in [4.69, 9.17) is 5.14 Å². The van der Waals surface area contributed by atoms with Crippen molar-refractivity contribution in [3.63, 3.8) is 0 Å². The van der Waals surface area contributed by atoms with Crippen molar-refractivity contribution >= 4 is 27.5 Å². The molecule has 0 aliphatic rings. The largest absolute Gasteiger partial charge is 0.453 e. The molecule has 1 heterocycles. The second-order valence-electron chi connectivity index (χ2n) is 2.93. The van der Waals surface area contributed by atoms with Crippen molar-refractivity contribution in [1.82, 2.24) is 5.32 Å². The van der Waals surface area contributed by atoms with Crippen LogP contribution in [0.15, 0.2) is 16.3 Å². The van der Waals surface area contributed by atoms with E-state index in [1.807, 2.05) is 0 Å². The van der Waals surface area contributed by atoms with Crippen LogP contribution in [0.1, 0.15) is 4.88 Å². The van der Waals surface area contributed by atoms with Crippen LogP contribution < -0.4 is 10.5 Å². The Hall–Kier alpha value is -1.12. The summed E-state index contributed by atoms with van der Waals surface area (Å²) in [6.45, 7) is 0.386. The van der Waals surface area contributed by atoms with Crippen molar-refractivity contribution < 1.29 is 17.9 Å². The van der Waals surface area contributed by atoms with Crippen molar-refractivity contribution in [3.05, 3.63) is 17.0 Å². The van der Waals surface area contributed by atoms with E-state index in [0.717, 1.165) is 16.2 Å². The molecule has 0 unspecified atom stereocenters. The molecule has 0 fully saturated rings. The maximum Gasteiger partial charge on any atom is 0.406 e. The number of hydrogen-bond acceptors (Lipinski definition) is 5. The number of nitrogens with one attached hydrogen (secondary N) is 1. The van der Waals surface area contributed by atoms with E-state index in [-0.39, 0.29) is 4.21 Å². The number of carbonyl (C=O) groups is 1. The zero-order valence-electron chi connectivity index (χ0n) is 8.60. The Morgan fingerprint density at radius 3 is 2.75 bits per heavy atom. The van der Waals surface area contributed by atoms with E-state index in [1.165, 1.54) is 13.2 Å². The van der Waals surface area contributed by atoms with Crippen LogP contribution in [-0.2, 0) is 21.2 Å². The number of carbonyl (C=O) groups excluding carboxylic acids is 1. The van der Waals surface area contributed by atoms with E-state index in [1.54, 1.807) is 6.07 Å². The van der Waals surface area contributed by atoms with Gasteiger partial charge >= 0.3 is 6.09 Å². The van der Waals surface area contributed by atoms with Gasteiger partial charge in [0.1, 0.15) is 4.21 Å². The molecule has 0 aliphatic carbocycles. The molecule has 8 heteroatoms. The fourth-order valence-corrected chi connectivity index (χ4v) is 2.78. The second kappa shape index (κ2) is 5.28. The van der Waals surface area contributed by atoms with Crippen molar-refractivity contribution in [2.45, 2.75) is 10.6 Å². The molecule has 1 rings (SSSR count). The molecule has 0 saturated heterocycles. The Morgan fingerprint density at radius 1 is 1.56 bits per heavy atom. The molecule has 6 nitrogen and oxygen atoms in total. The Kier molecular flexibility index (Phi) is 4.27. The number of primary sulfonamides is 1.